The van der Waals surface area contributed by atoms with Crippen molar-refractivity contribution < 1.29 is 13.5 Å². The first-order valence-corrected chi connectivity index (χ1v) is 7.57. The van der Waals surface area contributed by atoms with Gasteiger partial charge in [-0.3, -0.25) is 0 Å². The van der Waals surface area contributed by atoms with Crippen molar-refractivity contribution >= 4 is 9.84 Å². The maximum Gasteiger partial charge on any atom is 0.152 e. The van der Waals surface area contributed by atoms with Crippen LogP contribution in [-0.4, -0.2) is 25.0 Å². The van der Waals surface area contributed by atoms with Gasteiger partial charge in [-0.15, -0.1) is 0 Å². The number of aryl methyl sites for hydroxylation is 1. The van der Waals surface area contributed by atoms with Gasteiger partial charge in [0.15, 0.2) is 9.84 Å². The van der Waals surface area contributed by atoms with Gasteiger partial charge in [-0.25, -0.2) is 8.42 Å². The van der Waals surface area contributed by atoms with Crippen LogP contribution in [0.15, 0.2) is 24.3 Å². The van der Waals surface area contributed by atoms with E-state index in [9.17, 15) is 18.8 Å². The molecule has 0 aromatic heterocycles. The lowest BCUT2D eigenvalue weighted by atomic mass is 9.79. The quantitative estimate of drug-likeness (QED) is 0.875. The molecule has 2 rings (SSSR count). The molecule has 0 spiro atoms. The number of benzene rings is 1. The molecule has 1 aromatic carbocycles. The van der Waals surface area contributed by atoms with Crippen LogP contribution in [0.1, 0.15) is 23.7 Å². The summed E-state index contributed by atoms with van der Waals surface area (Å²) in [5.74, 6) is -0.283. The molecule has 0 bridgehead atoms. The Morgan fingerprint density at radius 2 is 2.22 bits per heavy atom. The molecule has 2 atom stereocenters. The zero-order valence-corrected chi connectivity index (χ0v) is 10.9. The van der Waals surface area contributed by atoms with Crippen LogP contribution < -0.4 is 0 Å². The van der Waals surface area contributed by atoms with Gasteiger partial charge in [0.25, 0.3) is 0 Å². The largest absolute Gasteiger partial charge is 0.387 e. The van der Waals surface area contributed by atoms with E-state index in [1.54, 1.807) is 18.2 Å². The van der Waals surface area contributed by atoms with Crippen molar-refractivity contribution in [2.24, 2.45) is 5.41 Å². The van der Waals surface area contributed by atoms with E-state index in [0.717, 1.165) is 5.56 Å². The molecule has 1 heterocycles. The van der Waals surface area contributed by atoms with Gasteiger partial charge < -0.3 is 5.11 Å². The summed E-state index contributed by atoms with van der Waals surface area (Å²) >= 11 is 0. The molecule has 0 radical (unpaired) electrons. The van der Waals surface area contributed by atoms with Crippen molar-refractivity contribution in [1.82, 2.24) is 0 Å². The molecule has 0 aliphatic carbocycles. The first-order valence-electron chi connectivity index (χ1n) is 5.75. The molecule has 1 N–H and O–H groups in total. The summed E-state index contributed by atoms with van der Waals surface area (Å²) in [5.41, 5.74) is 0.376. The fourth-order valence-corrected chi connectivity index (χ4v) is 4.37. The van der Waals surface area contributed by atoms with Gasteiger partial charge in [-0.2, -0.15) is 5.26 Å². The Balaban J connectivity index is 2.39. The third-order valence-electron chi connectivity index (χ3n) is 3.44. The second-order valence-electron chi connectivity index (χ2n) is 4.93. The number of sulfone groups is 1. The third-order valence-corrected chi connectivity index (χ3v) is 5.22. The summed E-state index contributed by atoms with van der Waals surface area (Å²) < 4.78 is 23.1. The van der Waals surface area contributed by atoms with Gasteiger partial charge in [-0.05, 0) is 18.9 Å². The Labute approximate surface area is 107 Å². The maximum atomic E-state index is 11.5. The minimum absolute atomic E-state index is 0.0244. The number of aliphatic hydroxyl groups excluding tert-OH is 1. The summed E-state index contributed by atoms with van der Waals surface area (Å²) in [6.45, 7) is 1.89. The van der Waals surface area contributed by atoms with Crippen LogP contribution >= 0.6 is 0 Å². The first-order chi connectivity index (χ1) is 8.38. The maximum absolute atomic E-state index is 11.5. The molecular weight excluding hydrogens is 250 g/mol. The first kappa shape index (κ1) is 13.1. The van der Waals surface area contributed by atoms with E-state index >= 15 is 0 Å². The highest BCUT2D eigenvalue weighted by Crippen LogP contribution is 2.42. The van der Waals surface area contributed by atoms with Crippen molar-refractivity contribution in [1.29, 1.82) is 5.26 Å². The average molecular weight is 265 g/mol. The molecule has 1 aliphatic heterocycles. The lowest BCUT2D eigenvalue weighted by Crippen LogP contribution is -2.28. The fourth-order valence-electron chi connectivity index (χ4n) is 2.40. The summed E-state index contributed by atoms with van der Waals surface area (Å²) in [5, 5.41) is 19.6. The Bertz CT molecular complexity index is 603. The Morgan fingerprint density at radius 1 is 1.50 bits per heavy atom. The standard InChI is InChI=1S/C13H15NO3S/c1-10-3-2-4-11(7-10)12(15)13(8-14)5-6-18(16,17)9-13/h2-4,7,12,15H,5-6,9H2,1H3. The second-order valence-corrected chi connectivity index (χ2v) is 7.11. The van der Waals surface area contributed by atoms with E-state index in [1.165, 1.54) is 0 Å². The molecule has 1 aliphatic rings. The van der Waals surface area contributed by atoms with Gasteiger partial charge in [-0.1, -0.05) is 29.8 Å². The predicted octanol–water partition coefficient (Wildman–Crippen LogP) is 1.36. The van der Waals surface area contributed by atoms with Crippen LogP contribution in [-0.2, 0) is 9.84 Å². The summed E-state index contributed by atoms with van der Waals surface area (Å²) in [7, 11) is -3.21. The monoisotopic (exact) mass is 265 g/mol. The number of hydrogen-bond donors (Lipinski definition) is 1. The molecular formula is C13H15NO3S. The number of nitrogens with zero attached hydrogens (tertiary/aromatic N) is 1. The minimum Gasteiger partial charge on any atom is -0.387 e. The summed E-state index contributed by atoms with van der Waals surface area (Å²) in [4.78, 5) is 0. The SMILES string of the molecule is Cc1cccc(C(O)C2(C#N)CCS(=O)(=O)C2)c1. The normalized spacial score (nSPS) is 27.6. The number of rotatable bonds is 2. The van der Waals surface area contributed by atoms with E-state index < -0.39 is 21.4 Å². The molecule has 1 fully saturated rings. The lowest BCUT2D eigenvalue weighted by molar-refractivity contribution is 0.0793. The summed E-state index contributed by atoms with van der Waals surface area (Å²) in [6, 6.07) is 9.22. The van der Waals surface area contributed by atoms with Gasteiger partial charge in [0.05, 0.1) is 23.7 Å². The van der Waals surface area contributed by atoms with Crippen LogP contribution in [0.5, 0.6) is 0 Å². The molecule has 2 unspecified atom stereocenters. The highest BCUT2D eigenvalue weighted by atomic mass is 32.2. The van der Waals surface area contributed by atoms with Crippen molar-refractivity contribution in [3.05, 3.63) is 35.4 Å². The number of nitriles is 1. The number of hydrogen-bond acceptors (Lipinski definition) is 4. The summed E-state index contributed by atoms with van der Waals surface area (Å²) in [6.07, 6.45) is -0.860. The Morgan fingerprint density at radius 3 is 2.72 bits per heavy atom. The highest BCUT2D eigenvalue weighted by Gasteiger charge is 2.48. The van der Waals surface area contributed by atoms with Crippen molar-refractivity contribution in [3.63, 3.8) is 0 Å². The van der Waals surface area contributed by atoms with Crippen LogP contribution in [0.2, 0.25) is 0 Å². The minimum atomic E-state index is -3.21. The zero-order valence-electron chi connectivity index (χ0n) is 10.1. The molecule has 0 amide bonds. The van der Waals surface area contributed by atoms with Crippen molar-refractivity contribution in [2.45, 2.75) is 19.4 Å². The third kappa shape index (κ3) is 2.26. The lowest BCUT2D eigenvalue weighted by Gasteiger charge is -2.26. The Kier molecular flexibility index (Phi) is 3.18. The van der Waals surface area contributed by atoms with Gasteiger partial charge in [0.2, 0.25) is 0 Å². The van der Waals surface area contributed by atoms with Crippen LogP contribution in [0.3, 0.4) is 0 Å². The molecule has 1 saturated heterocycles. The van der Waals surface area contributed by atoms with Gasteiger partial charge in [0.1, 0.15) is 5.41 Å². The average Bonchev–Trinajstić information content (AvgIpc) is 2.65. The van der Waals surface area contributed by atoms with E-state index in [0.29, 0.717) is 5.56 Å². The molecule has 18 heavy (non-hydrogen) atoms. The van der Waals surface area contributed by atoms with E-state index in [2.05, 4.69) is 0 Å². The van der Waals surface area contributed by atoms with Crippen LogP contribution in [0.25, 0.3) is 0 Å². The number of aliphatic hydroxyl groups is 1. The second kappa shape index (κ2) is 4.38. The van der Waals surface area contributed by atoms with Crippen LogP contribution in [0, 0.1) is 23.7 Å². The molecule has 4 nitrogen and oxygen atoms in total. The molecule has 0 saturated carbocycles. The molecule has 1 aromatic rings. The smallest absolute Gasteiger partial charge is 0.152 e. The van der Waals surface area contributed by atoms with E-state index in [4.69, 9.17) is 0 Å². The predicted molar refractivity (Wildman–Crippen MR) is 67.5 cm³/mol. The molecule has 96 valence electrons. The Hall–Kier alpha value is -1.38. The molecule has 5 heteroatoms. The van der Waals surface area contributed by atoms with Crippen LogP contribution in [0.4, 0.5) is 0 Å². The van der Waals surface area contributed by atoms with Gasteiger partial charge in [0, 0.05) is 0 Å². The van der Waals surface area contributed by atoms with E-state index in [1.807, 2.05) is 19.1 Å². The highest BCUT2D eigenvalue weighted by molar-refractivity contribution is 7.91. The van der Waals surface area contributed by atoms with Crippen molar-refractivity contribution in [3.8, 4) is 6.07 Å². The zero-order chi connectivity index (χ0) is 13.4. The van der Waals surface area contributed by atoms with Gasteiger partial charge >= 0.3 is 0 Å². The van der Waals surface area contributed by atoms with E-state index in [-0.39, 0.29) is 17.9 Å². The topological polar surface area (TPSA) is 78.2 Å². The van der Waals surface area contributed by atoms with Crippen molar-refractivity contribution in [2.75, 3.05) is 11.5 Å². The fraction of sp³-hybridized carbons (Fsp3) is 0.462.